The summed E-state index contributed by atoms with van der Waals surface area (Å²) in [6, 6.07) is -0.324. The maximum Gasteiger partial charge on any atom is 0.311 e. The highest BCUT2D eigenvalue weighted by molar-refractivity contribution is 7.59. The van der Waals surface area contributed by atoms with Crippen molar-refractivity contribution in [3.63, 3.8) is 0 Å². The third-order valence-corrected chi connectivity index (χ3v) is 11.8. The Hall–Kier alpha value is -0.950. The average Bonchev–Trinajstić information content (AvgIpc) is 3.05. The number of carbonyl (C=O) groups excluding carboxylic acids is 2. The van der Waals surface area contributed by atoms with Crippen molar-refractivity contribution in [3.8, 4) is 0 Å². The van der Waals surface area contributed by atoms with E-state index in [2.05, 4.69) is 0 Å². The van der Waals surface area contributed by atoms with Gasteiger partial charge >= 0.3 is 5.97 Å². The molecule has 0 aromatic heterocycles. The molecule has 3 saturated heterocycles. The maximum absolute atomic E-state index is 14.1. The Bertz CT molecular complexity index is 1170. The predicted octanol–water partition coefficient (Wildman–Crippen LogP) is 1.90. The zero-order valence-corrected chi connectivity index (χ0v) is 34.4. The van der Waals surface area contributed by atoms with E-state index in [0.717, 1.165) is 0 Å². The van der Waals surface area contributed by atoms with Gasteiger partial charge in [-0.3, -0.25) is 9.59 Å². The number of esters is 1. The lowest BCUT2D eigenvalue weighted by Gasteiger charge is -2.49. The number of ketones is 1. The topological polar surface area (TPSA) is 194 Å². The van der Waals surface area contributed by atoms with E-state index >= 15 is 0 Å². The van der Waals surface area contributed by atoms with Crippen molar-refractivity contribution in [3.05, 3.63) is 0 Å². The lowest BCUT2D eigenvalue weighted by molar-refractivity contribution is -0.318. The molecule has 3 fully saturated rings. The molecule has 14 nitrogen and oxygen atoms in total. The van der Waals surface area contributed by atoms with Gasteiger partial charge in [0.15, 0.2) is 12.6 Å². The van der Waals surface area contributed by atoms with Crippen LogP contribution in [0.15, 0.2) is 0 Å². The number of nitrogens with zero attached hydrogens (tertiary/aromatic N) is 1. The minimum atomic E-state index is -1.99. The summed E-state index contributed by atoms with van der Waals surface area (Å²) in [7, 11) is 5.18. The zero-order chi connectivity index (χ0) is 39.0. The minimum absolute atomic E-state index is 0. The first-order valence-electron chi connectivity index (χ1n) is 18.5. The molecular formula is C37H69NO13S. The first-order chi connectivity index (χ1) is 23.4. The van der Waals surface area contributed by atoms with Crippen molar-refractivity contribution >= 4 is 25.2 Å². The fourth-order valence-corrected chi connectivity index (χ4v) is 8.41. The highest BCUT2D eigenvalue weighted by atomic mass is 32.1. The molecule has 0 saturated carbocycles. The number of cyclic esters (lactones) is 1. The summed E-state index contributed by atoms with van der Waals surface area (Å²) in [5.41, 5.74) is -4.84. The highest BCUT2D eigenvalue weighted by Crippen LogP contribution is 2.40. The normalized spacial score (nSPS) is 48.8. The fourth-order valence-electron chi connectivity index (χ4n) is 8.41. The molecule has 52 heavy (non-hydrogen) atoms. The molecule has 3 aliphatic heterocycles. The van der Waals surface area contributed by atoms with Gasteiger partial charge in [-0.25, -0.2) is 0 Å². The Morgan fingerprint density at radius 1 is 0.885 bits per heavy atom. The van der Waals surface area contributed by atoms with E-state index in [4.69, 9.17) is 28.4 Å². The van der Waals surface area contributed by atoms with Crippen LogP contribution in [0, 0.1) is 23.7 Å². The maximum atomic E-state index is 14.1. The van der Waals surface area contributed by atoms with E-state index in [1.165, 1.54) is 27.9 Å². The van der Waals surface area contributed by atoms with E-state index in [-0.39, 0.29) is 44.9 Å². The number of hydrogen-bond acceptors (Lipinski definition) is 14. The van der Waals surface area contributed by atoms with Crippen LogP contribution < -0.4 is 0 Å². The number of aliphatic hydroxyl groups excluding tert-OH is 3. The number of aliphatic hydroxyl groups is 5. The molecule has 0 aromatic carbocycles. The smallest absolute Gasteiger partial charge is 0.311 e. The standard InChI is InChI=1S/C37H67NO13.H2S/c1-14-25-37(10,45)30(41)20(4)27(39)18(2)16-35(8,44)32(51-34-28(40)24(38(11)12)15-19(3)47-34)21(5)29(22(6)33(43)49-25)50-26-17-36(9,46-13)31(42)23(7)48-26;/h18-26,28-32,34,40-42,44-45H,14-17H2,1-13H3;1H2/t18-,19-,20+,21-,22-,23+,24+,25-,26+,28-,29+,30+,31+,32-,34+,35-,36-,37-;/m1./s1. The molecule has 0 spiro atoms. The number of ether oxygens (including phenoxy) is 6. The SMILES string of the molecule is CC[C@H]1OC(=O)[C@H](C)[C@@H](O[C@H]2C[C@@](C)(OC)[C@@H](O)[C@H](C)O2)[C@@H](C)[C@@H](O[C@@H]2O[C@H](C)C[C@H](N(C)C)[C@H]2O)[C@](C)(O)C[C@@H](C)C(=O)[C@H](C)[C@H](O)[C@]1(C)O.S. The van der Waals surface area contributed by atoms with Crippen LogP contribution in [0.25, 0.3) is 0 Å². The Morgan fingerprint density at radius 3 is 2.02 bits per heavy atom. The van der Waals surface area contributed by atoms with Gasteiger partial charge in [0.05, 0.1) is 47.6 Å². The van der Waals surface area contributed by atoms with E-state index in [1.807, 2.05) is 25.9 Å². The van der Waals surface area contributed by atoms with Crippen LogP contribution in [0.3, 0.4) is 0 Å². The van der Waals surface area contributed by atoms with E-state index in [1.54, 1.807) is 41.5 Å². The largest absolute Gasteiger partial charge is 0.459 e. The Kier molecular flexibility index (Phi) is 16.6. The van der Waals surface area contributed by atoms with Crippen LogP contribution in [-0.2, 0) is 38.0 Å². The fraction of sp³-hybridized carbons (Fsp3) is 0.946. The van der Waals surface area contributed by atoms with E-state index in [9.17, 15) is 35.1 Å². The van der Waals surface area contributed by atoms with Gasteiger partial charge in [-0.05, 0) is 74.9 Å². The molecule has 3 heterocycles. The lowest BCUT2D eigenvalue weighted by atomic mass is 9.74. The van der Waals surface area contributed by atoms with Crippen molar-refractivity contribution in [1.29, 1.82) is 0 Å². The summed E-state index contributed by atoms with van der Waals surface area (Å²) in [6.45, 7) is 16.3. The molecule has 0 radical (unpaired) electrons. The van der Waals surface area contributed by atoms with Gasteiger partial charge in [0.2, 0.25) is 0 Å². The number of likely N-dealkylation sites (N-methyl/N-ethyl adjacent to an activating group) is 1. The van der Waals surface area contributed by atoms with Crippen molar-refractivity contribution in [2.45, 2.75) is 179 Å². The molecule has 0 aliphatic carbocycles. The first kappa shape index (κ1) is 47.2. The molecule has 5 N–H and O–H groups in total. The summed E-state index contributed by atoms with van der Waals surface area (Å²) in [5, 5.41) is 57.6. The van der Waals surface area contributed by atoms with Crippen LogP contribution in [0.4, 0.5) is 0 Å². The second-order valence-corrected chi connectivity index (χ2v) is 16.5. The van der Waals surface area contributed by atoms with Crippen LogP contribution in [0.2, 0.25) is 0 Å². The number of rotatable bonds is 7. The summed E-state index contributed by atoms with van der Waals surface area (Å²) in [5.74, 6) is -4.98. The summed E-state index contributed by atoms with van der Waals surface area (Å²) in [6.07, 6.45) is -9.71. The molecule has 3 aliphatic rings. The number of carbonyl (C=O) groups is 2. The summed E-state index contributed by atoms with van der Waals surface area (Å²) in [4.78, 5) is 29.8. The third-order valence-electron chi connectivity index (χ3n) is 11.8. The zero-order valence-electron chi connectivity index (χ0n) is 33.4. The van der Waals surface area contributed by atoms with E-state index < -0.39 is 108 Å². The van der Waals surface area contributed by atoms with Gasteiger partial charge in [-0.15, -0.1) is 0 Å². The average molecular weight is 768 g/mol. The quantitative estimate of drug-likeness (QED) is 0.236. The number of Topliss-reactive ketones (excluding diaryl/α,β-unsaturated/α-hetero) is 1. The molecular weight excluding hydrogens is 698 g/mol. The van der Waals surface area contributed by atoms with Crippen molar-refractivity contribution in [2.75, 3.05) is 21.2 Å². The van der Waals surface area contributed by atoms with Gasteiger partial charge in [0.1, 0.15) is 29.7 Å². The number of methoxy groups -OCH3 is 1. The summed E-state index contributed by atoms with van der Waals surface area (Å²) < 4.78 is 37.1. The van der Waals surface area contributed by atoms with Crippen LogP contribution in [0.1, 0.15) is 94.9 Å². The van der Waals surface area contributed by atoms with Crippen molar-refractivity contribution in [1.82, 2.24) is 4.90 Å². The Balaban J connectivity index is 0.00000936. The molecule has 0 aromatic rings. The molecule has 306 valence electrons. The third kappa shape index (κ3) is 10.1. The molecule has 15 heteroatoms. The van der Waals surface area contributed by atoms with Gasteiger partial charge in [0, 0.05) is 37.3 Å². The molecule has 0 amide bonds. The Labute approximate surface area is 317 Å². The van der Waals surface area contributed by atoms with Crippen LogP contribution >= 0.6 is 13.5 Å². The first-order valence-corrected chi connectivity index (χ1v) is 18.5. The van der Waals surface area contributed by atoms with Crippen molar-refractivity contribution in [2.24, 2.45) is 23.7 Å². The monoisotopic (exact) mass is 767 g/mol. The van der Waals surface area contributed by atoms with Crippen LogP contribution in [-0.4, -0.2) is 148 Å². The van der Waals surface area contributed by atoms with Gasteiger partial charge in [-0.2, -0.15) is 13.5 Å². The highest BCUT2D eigenvalue weighted by Gasteiger charge is 2.53. The van der Waals surface area contributed by atoms with Gasteiger partial charge in [-0.1, -0.05) is 27.7 Å². The molecule has 18 atom stereocenters. The minimum Gasteiger partial charge on any atom is -0.459 e. The Morgan fingerprint density at radius 2 is 1.48 bits per heavy atom. The van der Waals surface area contributed by atoms with Crippen LogP contribution in [0.5, 0.6) is 0 Å². The van der Waals surface area contributed by atoms with Gasteiger partial charge < -0.3 is 58.9 Å². The molecule has 0 unspecified atom stereocenters. The summed E-state index contributed by atoms with van der Waals surface area (Å²) >= 11 is 0. The van der Waals surface area contributed by atoms with Gasteiger partial charge in [0.25, 0.3) is 0 Å². The van der Waals surface area contributed by atoms with E-state index in [0.29, 0.717) is 6.42 Å². The number of hydrogen-bond donors (Lipinski definition) is 5. The second kappa shape index (κ2) is 18.3. The van der Waals surface area contributed by atoms with Crippen molar-refractivity contribution < 1.29 is 63.5 Å². The molecule has 3 rings (SSSR count). The second-order valence-electron chi connectivity index (χ2n) is 16.5. The molecule has 0 bridgehead atoms. The predicted molar refractivity (Wildman–Crippen MR) is 197 cm³/mol. The lowest BCUT2D eigenvalue weighted by Crippen LogP contribution is -2.61.